The van der Waals surface area contributed by atoms with E-state index in [1.54, 1.807) is 5.56 Å². The van der Waals surface area contributed by atoms with Crippen molar-refractivity contribution in [2.24, 2.45) is 5.92 Å². The molecule has 0 heterocycles. The predicted octanol–water partition coefficient (Wildman–Crippen LogP) is 4.88. The molecule has 0 N–H and O–H groups in total. The SMILES string of the molecule is CC(C)Cc1cccc2c1Cc1ccccc1-2.Cl. The van der Waals surface area contributed by atoms with Crippen LogP contribution < -0.4 is 0 Å². The lowest BCUT2D eigenvalue weighted by Gasteiger charge is -2.10. The summed E-state index contributed by atoms with van der Waals surface area (Å²) in [6.07, 6.45) is 2.31. The predicted molar refractivity (Wildman–Crippen MR) is 80.5 cm³/mol. The highest BCUT2D eigenvalue weighted by Gasteiger charge is 2.20. The van der Waals surface area contributed by atoms with Crippen molar-refractivity contribution in [3.05, 3.63) is 59.2 Å². The third-order valence-corrected chi connectivity index (χ3v) is 3.58. The Labute approximate surface area is 115 Å². The van der Waals surface area contributed by atoms with Crippen molar-refractivity contribution in [2.45, 2.75) is 26.7 Å². The molecule has 0 aliphatic heterocycles. The van der Waals surface area contributed by atoms with E-state index < -0.39 is 0 Å². The van der Waals surface area contributed by atoms with E-state index in [9.17, 15) is 0 Å². The molecular weight excluding hydrogens is 240 g/mol. The van der Waals surface area contributed by atoms with Gasteiger partial charge in [0.15, 0.2) is 0 Å². The van der Waals surface area contributed by atoms with Crippen molar-refractivity contribution >= 4 is 12.4 Å². The van der Waals surface area contributed by atoms with E-state index in [4.69, 9.17) is 0 Å². The van der Waals surface area contributed by atoms with Crippen LogP contribution in [0.1, 0.15) is 30.5 Å². The zero-order valence-corrected chi connectivity index (χ0v) is 11.8. The lowest BCUT2D eigenvalue weighted by Crippen LogP contribution is -1.98. The second-order valence-corrected chi connectivity index (χ2v) is 5.38. The fraction of sp³-hybridized carbons (Fsp3) is 0.294. The first kappa shape index (κ1) is 13.2. The van der Waals surface area contributed by atoms with Crippen LogP contribution in [-0.4, -0.2) is 0 Å². The van der Waals surface area contributed by atoms with Gasteiger partial charge in [-0.3, -0.25) is 0 Å². The first-order valence-electron chi connectivity index (χ1n) is 6.44. The minimum Gasteiger partial charge on any atom is -0.147 e. The number of hydrogen-bond acceptors (Lipinski definition) is 0. The smallest absolute Gasteiger partial charge is 0.00107 e. The Hall–Kier alpha value is -1.27. The number of benzene rings is 2. The summed E-state index contributed by atoms with van der Waals surface area (Å²) in [5.74, 6) is 0.727. The van der Waals surface area contributed by atoms with Crippen LogP contribution in [0.25, 0.3) is 11.1 Å². The van der Waals surface area contributed by atoms with E-state index in [0.717, 1.165) is 12.3 Å². The van der Waals surface area contributed by atoms with Crippen LogP contribution in [0.5, 0.6) is 0 Å². The van der Waals surface area contributed by atoms with Crippen LogP contribution in [0, 0.1) is 5.92 Å². The molecule has 0 fully saturated rings. The Morgan fingerprint density at radius 2 is 1.67 bits per heavy atom. The summed E-state index contributed by atoms with van der Waals surface area (Å²) in [7, 11) is 0. The minimum absolute atomic E-state index is 0. The fourth-order valence-corrected chi connectivity index (χ4v) is 2.85. The summed E-state index contributed by atoms with van der Waals surface area (Å²) in [5, 5.41) is 0. The molecule has 0 spiro atoms. The number of hydrogen-bond donors (Lipinski definition) is 0. The van der Waals surface area contributed by atoms with E-state index in [1.165, 1.54) is 28.7 Å². The zero-order chi connectivity index (χ0) is 11.8. The normalized spacial score (nSPS) is 11.9. The molecule has 0 saturated heterocycles. The van der Waals surface area contributed by atoms with Gasteiger partial charge in [0.05, 0.1) is 0 Å². The van der Waals surface area contributed by atoms with E-state index >= 15 is 0 Å². The minimum atomic E-state index is 0. The van der Waals surface area contributed by atoms with Gasteiger partial charge in [-0.05, 0) is 46.6 Å². The summed E-state index contributed by atoms with van der Waals surface area (Å²) in [6.45, 7) is 4.59. The quantitative estimate of drug-likeness (QED) is 0.615. The van der Waals surface area contributed by atoms with Crippen LogP contribution in [-0.2, 0) is 12.8 Å². The van der Waals surface area contributed by atoms with Gasteiger partial charge in [-0.1, -0.05) is 56.3 Å². The topological polar surface area (TPSA) is 0 Å². The van der Waals surface area contributed by atoms with Gasteiger partial charge in [0.1, 0.15) is 0 Å². The van der Waals surface area contributed by atoms with Crippen molar-refractivity contribution in [3.8, 4) is 11.1 Å². The third kappa shape index (κ3) is 2.18. The van der Waals surface area contributed by atoms with Crippen LogP contribution in [0.3, 0.4) is 0 Å². The summed E-state index contributed by atoms with van der Waals surface area (Å²) in [5.41, 5.74) is 7.47. The molecule has 0 aromatic heterocycles. The van der Waals surface area contributed by atoms with Gasteiger partial charge in [0, 0.05) is 0 Å². The molecule has 0 nitrogen and oxygen atoms in total. The van der Waals surface area contributed by atoms with Crippen LogP contribution in [0.2, 0.25) is 0 Å². The van der Waals surface area contributed by atoms with E-state index in [-0.39, 0.29) is 12.4 Å². The van der Waals surface area contributed by atoms with Crippen molar-refractivity contribution < 1.29 is 0 Å². The lowest BCUT2D eigenvalue weighted by molar-refractivity contribution is 0.644. The van der Waals surface area contributed by atoms with Crippen molar-refractivity contribution in [3.63, 3.8) is 0 Å². The van der Waals surface area contributed by atoms with E-state index in [1.807, 2.05) is 0 Å². The summed E-state index contributed by atoms with van der Waals surface area (Å²) in [6, 6.07) is 15.6. The summed E-state index contributed by atoms with van der Waals surface area (Å²) >= 11 is 0. The Balaban J connectivity index is 0.00000120. The number of halogens is 1. The monoisotopic (exact) mass is 258 g/mol. The second-order valence-electron chi connectivity index (χ2n) is 5.38. The molecule has 94 valence electrons. The van der Waals surface area contributed by atoms with Crippen molar-refractivity contribution in [1.82, 2.24) is 0 Å². The Kier molecular flexibility index (Phi) is 3.77. The molecule has 1 aliphatic carbocycles. The summed E-state index contributed by atoms with van der Waals surface area (Å²) < 4.78 is 0. The Morgan fingerprint density at radius 1 is 0.944 bits per heavy atom. The van der Waals surface area contributed by atoms with E-state index in [0.29, 0.717) is 0 Å². The highest BCUT2D eigenvalue weighted by atomic mass is 35.5. The summed E-state index contributed by atoms with van der Waals surface area (Å²) in [4.78, 5) is 0. The van der Waals surface area contributed by atoms with Gasteiger partial charge in [-0.15, -0.1) is 12.4 Å². The molecule has 1 heteroatoms. The molecule has 2 aromatic rings. The Morgan fingerprint density at radius 3 is 2.44 bits per heavy atom. The molecule has 2 aromatic carbocycles. The zero-order valence-electron chi connectivity index (χ0n) is 10.9. The maximum absolute atomic E-state index is 2.30. The maximum Gasteiger partial charge on any atom is -0.00107 e. The first-order chi connectivity index (χ1) is 8.25. The molecule has 0 radical (unpaired) electrons. The highest BCUT2D eigenvalue weighted by Crippen LogP contribution is 2.38. The van der Waals surface area contributed by atoms with Crippen molar-refractivity contribution in [1.29, 1.82) is 0 Å². The standard InChI is InChI=1S/C17H18.ClH/c1-12(2)10-13-7-5-9-16-15-8-4-3-6-14(15)11-17(13)16;/h3-9,12H,10-11H2,1-2H3;1H. The fourth-order valence-electron chi connectivity index (χ4n) is 2.85. The van der Waals surface area contributed by atoms with E-state index in [2.05, 4.69) is 56.3 Å². The van der Waals surface area contributed by atoms with Crippen LogP contribution in [0.4, 0.5) is 0 Å². The molecule has 1 aliphatic rings. The number of fused-ring (bicyclic) bond motifs is 3. The largest absolute Gasteiger partial charge is 0.147 e. The van der Waals surface area contributed by atoms with Gasteiger partial charge in [0.2, 0.25) is 0 Å². The molecule has 0 amide bonds. The molecule has 18 heavy (non-hydrogen) atoms. The molecule has 0 bridgehead atoms. The van der Waals surface area contributed by atoms with Gasteiger partial charge in [-0.2, -0.15) is 0 Å². The third-order valence-electron chi connectivity index (χ3n) is 3.58. The van der Waals surface area contributed by atoms with Gasteiger partial charge < -0.3 is 0 Å². The van der Waals surface area contributed by atoms with Gasteiger partial charge in [-0.25, -0.2) is 0 Å². The first-order valence-corrected chi connectivity index (χ1v) is 6.44. The maximum atomic E-state index is 2.30. The lowest BCUT2D eigenvalue weighted by atomic mass is 9.95. The van der Waals surface area contributed by atoms with Crippen LogP contribution in [0.15, 0.2) is 42.5 Å². The van der Waals surface area contributed by atoms with Gasteiger partial charge in [0.25, 0.3) is 0 Å². The molecular formula is C17H19Cl. The highest BCUT2D eigenvalue weighted by molar-refractivity contribution is 5.85. The average Bonchev–Trinajstić information content (AvgIpc) is 2.68. The molecule has 0 atom stereocenters. The second kappa shape index (κ2) is 5.16. The van der Waals surface area contributed by atoms with Crippen LogP contribution >= 0.6 is 12.4 Å². The molecule has 0 saturated carbocycles. The van der Waals surface area contributed by atoms with Gasteiger partial charge >= 0.3 is 0 Å². The average molecular weight is 259 g/mol. The molecule has 0 unspecified atom stereocenters. The Bertz CT molecular complexity index is 555. The molecule has 3 rings (SSSR count). The number of rotatable bonds is 2. The van der Waals surface area contributed by atoms with Crippen molar-refractivity contribution in [2.75, 3.05) is 0 Å².